The first kappa shape index (κ1) is 13.0. The molecule has 0 aliphatic heterocycles. The molecule has 0 spiro atoms. The second-order valence-corrected chi connectivity index (χ2v) is 3.83. The van der Waals surface area contributed by atoms with E-state index in [1.165, 1.54) is 13.1 Å². The zero-order valence-corrected chi connectivity index (χ0v) is 10.1. The molecule has 0 saturated heterocycles. The molecule has 0 unspecified atom stereocenters. The molecule has 1 heterocycles. The van der Waals surface area contributed by atoms with E-state index in [-0.39, 0.29) is 16.5 Å². The highest BCUT2D eigenvalue weighted by atomic mass is 79.9. The van der Waals surface area contributed by atoms with E-state index >= 15 is 0 Å². The Balaban J connectivity index is 3.35. The Bertz CT molecular complexity index is 410. The van der Waals surface area contributed by atoms with E-state index in [2.05, 4.69) is 20.9 Å². The first-order valence-electron chi connectivity index (χ1n) is 4.50. The van der Waals surface area contributed by atoms with Crippen molar-refractivity contribution < 1.29 is 18.7 Å². The Morgan fingerprint density at radius 1 is 1.62 bits per heavy atom. The van der Waals surface area contributed by atoms with Crippen molar-refractivity contribution in [1.82, 2.24) is 4.98 Å². The van der Waals surface area contributed by atoms with Crippen molar-refractivity contribution >= 4 is 21.9 Å². The summed E-state index contributed by atoms with van der Waals surface area (Å²) < 4.78 is 25.7. The highest BCUT2D eigenvalue weighted by molar-refractivity contribution is 9.08. The number of aliphatic carboxylic acids is 1. The largest absolute Gasteiger partial charge is 0.481 e. The molecular weight excluding hydrogens is 284 g/mol. The van der Waals surface area contributed by atoms with Gasteiger partial charge in [0, 0.05) is 22.8 Å². The molecule has 0 aliphatic rings. The molecule has 1 aromatic rings. The van der Waals surface area contributed by atoms with Crippen LogP contribution < -0.4 is 0 Å². The van der Waals surface area contributed by atoms with E-state index in [1.54, 1.807) is 0 Å². The van der Waals surface area contributed by atoms with Crippen LogP contribution in [0, 0.1) is 6.92 Å². The van der Waals surface area contributed by atoms with Gasteiger partial charge in [-0.25, -0.2) is 8.78 Å². The molecule has 1 N–H and O–H groups in total. The number of carboxylic acids is 1. The Hall–Kier alpha value is -1.04. The van der Waals surface area contributed by atoms with Gasteiger partial charge in [0.15, 0.2) is 0 Å². The summed E-state index contributed by atoms with van der Waals surface area (Å²) in [4.78, 5) is 14.5. The lowest BCUT2D eigenvalue weighted by atomic mass is 10.00. The van der Waals surface area contributed by atoms with Crippen LogP contribution in [0.15, 0.2) is 6.20 Å². The van der Waals surface area contributed by atoms with Crippen LogP contribution in [0.2, 0.25) is 0 Å². The van der Waals surface area contributed by atoms with E-state index in [0.29, 0.717) is 11.3 Å². The molecule has 0 fully saturated rings. The standard InChI is InChI=1S/C10H10BrF2NO2/c1-5-7(2-8(15)16)9(10(12)13)6(3-11)4-14-5/h4,10H,2-3H2,1H3,(H,15,16). The van der Waals surface area contributed by atoms with Gasteiger partial charge in [-0.3, -0.25) is 9.78 Å². The summed E-state index contributed by atoms with van der Waals surface area (Å²) in [7, 11) is 0. The van der Waals surface area contributed by atoms with E-state index in [4.69, 9.17) is 5.11 Å². The summed E-state index contributed by atoms with van der Waals surface area (Å²) in [5.41, 5.74) is 0.561. The Kier molecular flexibility index (Phi) is 4.35. The molecule has 0 bridgehead atoms. The summed E-state index contributed by atoms with van der Waals surface area (Å²) in [6.07, 6.45) is -1.78. The van der Waals surface area contributed by atoms with Crippen LogP contribution in [-0.4, -0.2) is 16.1 Å². The molecule has 16 heavy (non-hydrogen) atoms. The number of alkyl halides is 3. The summed E-state index contributed by atoms with van der Waals surface area (Å²) in [5, 5.41) is 8.91. The molecule has 0 saturated carbocycles. The number of nitrogens with zero attached hydrogens (tertiary/aromatic N) is 1. The second kappa shape index (κ2) is 5.34. The van der Waals surface area contributed by atoms with Crippen molar-refractivity contribution in [3.05, 3.63) is 28.6 Å². The predicted molar refractivity (Wildman–Crippen MR) is 57.9 cm³/mol. The van der Waals surface area contributed by atoms with Crippen molar-refractivity contribution in [2.45, 2.75) is 25.1 Å². The summed E-state index contributed by atoms with van der Waals surface area (Å²) in [6, 6.07) is 0. The third-order valence-electron chi connectivity index (χ3n) is 2.21. The Labute approximate surface area is 99.6 Å². The van der Waals surface area contributed by atoms with Gasteiger partial charge < -0.3 is 5.11 Å². The number of hydrogen-bond donors (Lipinski definition) is 1. The van der Waals surface area contributed by atoms with Gasteiger partial charge in [-0.1, -0.05) is 15.9 Å². The zero-order chi connectivity index (χ0) is 12.3. The number of pyridine rings is 1. The van der Waals surface area contributed by atoms with Crippen LogP contribution in [-0.2, 0) is 16.5 Å². The predicted octanol–water partition coefficient (Wildman–Crippen LogP) is 2.85. The first-order chi connectivity index (χ1) is 7.47. The zero-order valence-electron chi connectivity index (χ0n) is 8.51. The number of carboxylic acid groups (broad SMARTS) is 1. The van der Waals surface area contributed by atoms with E-state index in [0.717, 1.165) is 0 Å². The monoisotopic (exact) mass is 293 g/mol. The third-order valence-corrected chi connectivity index (χ3v) is 2.82. The molecule has 0 aromatic carbocycles. The summed E-state index contributed by atoms with van der Waals surface area (Å²) in [6.45, 7) is 1.53. The van der Waals surface area contributed by atoms with Gasteiger partial charge in [-0.2, -0.15) is 0 Å². The van der Waals surface area contributed by atoms with Crippen LogP contribution in [0.4, 0.5) is 8.78 Å². The van der Waals surface area contributed by atoms with Gasteiger partial charge in [0.25, 0.3) is 6.43 Å². The number of hydrogen-bond acceptors (Lipinski definition) is 2. The van der Waals surface area contributed by atoms with Crippen LogP contribution in [0.5, 0.6) is 0 Å². The van der Waals surface area contributed by atoms with Gasteiger partial charge in [0.1, 0.15) is 0 Å². The quantitative estimate of drug-likeness (QED) is 0.869. The van der Waals surface area contributed by atoms with Crippen LogP contribution >= 0.6 is 15.9 Å². The van der Waals surface area contributed by atoms with Crippen molar-refractivity contribution in [2.75, 3.05) is 0 Å². The maximum absolute atomic E-state index is 12.9. The minimum Gasteiger partial charge on any atom is -0.481 e. The topological polar surface area (TPSA) is 50.2 Å². The van der Waals surface area contributed by atoms with Gasteiger partial charge in [0.05, 0.1) is 6.42 Å². The fourth-order valence-electron chi connectivity index (χ4n) is 1.46. The molecule has 1 aromatic heterocycles. The van der Waals surface area contributed by atoms with Gasteiger partial charge in [-0.15, -0.1) is 0 Å². The summed E-state index contributed by atoms with van der Waals surface area (Å²) >= 11 is 3.08. The van der Waals surface area contributed by atoms with E-state index < -0.39 is 18.8 Å². The lowest BCUT2D eigenvalue weighted by molar-refractivity contribution is -0.136. The SMILES string of the molecule is Cc1ncc(CBr)c(C(F)F)c1CC(=O)O. The molecule has 3 nitrogen and oxygen atoms in total. The fourth-order valence-corrected chi connectivity index (χ4v) is 1.91. The lowest BCUT2D eigenvalue weighted by Crippen LogP contribution is -2.10. The molecule has 6 heteroatoms. The molecule has 1 rings (SSSR count). The average Bonchev–Trinajstić information content (AvgIpc) is 2.19. The lowest BCUT2D eigenvalue weighted by Gasteiger charge is -2.13. The smallest absolute Gasteiger partial charge is 0.307 e. The molecule has 0 amide bonds. The van der Waals surface area contributed by atoms with Crippen LogP contribution in [0.3, 0.4) is 0 Å². The minimum atomic E-state index is -2.69. The Morgan fingerprint density at radius 2 is 2.25 bits per heavy atom. The van der Waals surface area contributed by atoms with Crippen LogP contribution in [0.25, 0.3) is 0 Å². The Morgan fingerprint density at radius 3 is 2.69 bits per heavy atom. The van der Waals surface area contributed by atoms with E-state index in [1.807, 2.05) is 0 Å². The molecule has 0 aliphatic carbocycles. The first-order valence-corrected chi connectivity index (χ1v) is 5.62. The number of aromatic nitrogens is 1. The fraction of sp³-hybridized carbons (Fsp3) is 0.400. The van der Waals surface area contributed by atoms with Gasteiger partial charge in [0.2, 0.25) is 0 Å². The molecular formula is C10H10BrF2NO2. The third kappa shape index (κ3) is 2.75. The highest BCUT2D eigenvalue weighted by Crippen LogP contribution is 2.29. The number of carbonyl (C=O) groups is 1. The van der Waals surface area contributed by atoms with Crippen molar-refractivity contribution in [3.8, 4) is 0 Å². The normalized spacial score (nSPS) is 10.8. The average molecular weight is 294 g/mol. The molecule has 0 atom stereocenters. The minimum absolute atomic E-state index is 0.111. The molecule has 88 valence electrons. The van der Waals surface area contributed by atoms with Crippen LogP contribution in [0.1, 0.15) is 28.8 Å². The van der Waals surface area contributed by atoms with Gasteiger partial charge in [-0.05, 0) is 18.1 Å². The number of halogens is 3. The summed E-state index contributed by atoms with van der Waals surface area (Å²) in [5.74, 6) is -1.14. The van der Waals surface area contributed by atoms with E-state index in [9.17, 15) is 13.6 Å². The highest BCUT2D eigenvalue weighted by Gasteiger charge is 2.21. The van der Waals surface area contributed by atoms with Crippen molar-refractivity contribution in [2.24, 2.45) is 0 Å². The van der Waals surface area contributed by atoms with Crippen molar-refractivity contribution in [1.29, 1.82) is 0 Å². The number of aryl methyl sites for hydroxylation is 1. The number of rotatable bonds is 4. The molecule has 0 radical (unpaired) electrons. The maximum atomic E-state index is 12.9. The van der Waals surface area contributed by atoms with Gasteiger partial charge >= 0.3 is 5.97 Å². The maximum Gasteiger partial charge on any atom is 0.307 e. The second-order valence-electron chi connectivity index (χ2n) is 3.27. The van der Waals surface area contributed by atoms with Crippen molar-refractivity contribution in [3.63, 3.8) is 0 Å².